The van der Waals surface area contributed by atoms with E-state index in [2.05, 4.69) is 34.0 Å². The Balaban J connectivity index is 2.07. The highest BCUT2D eigenvalue weighted by Crippen LogP contribution is 2.19. The van der Waals surface area contributed by atoms with E-state index in [1.54, 1.807) is 0 Å². The Morgan fingerprint density at radius 1 is 1.14 bits per heavy atom. The second kappa shape index (κ2) is 6.69. The molecule has 2 aromatic rings. The summed E-state index contributed by atoms with van der Waals surface area (Å²) in [6, 6.07) is 7.99. The van der Waals surface area contributed by atoms with Gasteiger partial charge in [0, 0.05) is 24.5 Å². The van der Waals surface area contributed by atoms with Crippen LogP contribution in [0.2, 0.25) is 0 Å². The highest BCUT2D eigenvalue weighted by Gasteiger charge is 2.05. The summed E-state index contributed by atoms with van der Waals surface area (Å²) < 4.78 is 0. The van der Waals surface area contributed by atoms with Gasteiger partial charge in [-0.2, -0.15) is 0 Å². The van der Waals surface area contributed by atoms with Crippen LogP contribution < -0.4 is 10.2 Å². The molecule has 0 aliphatic rings. The number of aromatic nitrogens is 2. The van der Waals surface area contributed by atoms with Gasteiger partial charge in [-0.15, -0.1) is 0 Å². The summed E-state index contributed by atoms with van der Waals surface area (Å²) in [6.07, 6.45) is 2.64. The number of rotatable bonds is 6. The number of anilines is 3. The first-order valence-corrected chi connectivity index (χ1v) is 6.81. The maximum Gasteiger partial charge on any atom is 0.356 e. The van der Waals surface area contributed by atoms with Gasteiger partial charge in [-0.05, 0) is 38.1 Å². The third-order valence-corrected chi connectivity index (χ3v) is 3.14. The fourth-order valence-electron chi connectivity index (χ4n) is 2.00. The fraction of sp³-hybridized carbons (Fsp3) is 0.267. The Hall–Kier alpha value is -2.63. The van der Waals surface area contributed by atoms with Crippen LogP contribution >= 0.6 is 0 Å². The van der Waals surface area contributed by atoms with Crippen molar-refractivity contribution in [1.29, 1.82) is 0 Å². The van der Waals surface area contributed by atoms with Gasteiger partial charge in [0.15, 0.2) is 5.69 Å². The third-order valence-electron chi connectivity index (χ3n) is 3.14. The molecule has 0 saturated carbocycles. The molecule has 21 heavy (non-hydrogen) atoms. The molecule has 2 N–H and O–H groups in total. The van der Waals surface area contributed by atoms with Gasteiger partial charge in [-0.1, -0.05) is 0 Å². The number of benzene rings is 1. The first kappa shape index (κ1) is 14.8. The van der Waals surface area contributed by atoms with Crippen molar-refractivity contribution in [3.8, 4) is 0 Å². The zero-order valence-corrected chi connectivity index (χ0v) is 12.1. The average molecular weight is 286 g/mol. The number of carbonyl (C=O) groups is 1. The van der Waals surface area contributed by atoms with Gasteiger partial charge in [0.25, 0.3) is 0 Å². The third kappa shape index (κ3) is 3.68. The molecule has 1 aromatic carbocycles. The number of aromatic carboxylic acids is 1. The largest absolute Gasteiger partial charge is 0.476 e. The van der Waals surface area contributed by atoms with Gasteiger partial charge in [-0.25, -0.2) is 14.8 Å². The SMILES string of the molecule is CCN(CC)c1ccc(Nc2cnc(C(=O)O)cn2)cc1. The maximum absolute atomic E-state index is 10.7. The van der Waals surface area contributed by atoms with Gasteiger partial charge in [0.05, 0.1) is 12.4 Å². The van der Waals surface area contributed by atoms with E-state index in [-0.39, 0.29) is 5.69 Å². The lowest BCUT2D eigenvalue weighted by molar-refractivity contribution is 0.0690. The molecule has 0 saturated heterocycles. The molecule has 0 fully saturated rings. The highest BCUT2D eigenvalue weighted by atomic mass is 16.4. The molecule has 0 radical (unpaired) electrons. The lowest BCUT2D eigenvalue weighted by Crippen LogP contribution is -2.21. The molecule has 2 rings (SSSR count). The van der Waals surface area contributed by atoms with Crippen LogP contribution in [0.15, 0.2) is 36.7 Å². The van der Waals surface area contributed by atoms with Gasteiger partial charge in [-0.3, -0.25) is 0 Å². The number of carboxylic acids is 1. The van der Waals surface area contributed by atoms with Gasteiger partial charge in [0.1, 0.15) is 5.82 Å². The van der Waals surface area contributed by atoms with Crippen LogP contribution in [0.4, 0.5) is 17.2 Å². The molecule has 0 bridgehead atoms. The first-order valence-electron chi connectivity index (χ1n) is 6.81. The summed E-state index contributed by atoms with van der Waals surface area (Å²) in [7, 11) is 0. The Morgan fingerprint density at radius 3 is 2.29 bits per heavy atom. The number of nitrogens with one attached hydrogen (secondary N) is 1. The molecule has 6 nitrogen and oxygen atoms in total. The molecular weight excluding hydrogens is 268 g/mol. The standard InChI is InChI=1S/C15H18N4O2/c1-3-19(4-2)12-7-5-11(6-8-12)18-14-10-16-13(9-17-14)15(20)21/h5-10H,3-4H2,1-2H3,(H,17,18)(H,20,21). The van der Waals surface area contributed by atoms with Crippen LogP contribution in [-0.4, -0.2) is 34.1 Å². The smallest absolute Gasteiger partial charge is 0.356 e. The summed E-state index contributed by atoms with van der Waals surface area (Å²) in [5.41, 5.74) is 1.97. The monoisotopic (exact) mass is 286 g/mol. The zero-order valence-electron chi connectivity index (χ0n) is 12.1. The van der Waals surface area contributed by atoms with E-state index in [0.717, 1.165) is 24.5 Å². The van der Waals surface area contributed by atoms with Crippen LogP contribution in [0.25, 0.3) is 0 Å². The van der Waals surface area contributed by atoms with E-state index in [9.17, 15) is 4.79 Å². The van der Waals surface area contributed by atoms with Crippen molar-refractivity contribution in [2.24, 2.45) is 0 Å². The molecule has 0 amide bonds. The van der Waals surface area contributed by atoms with Crippen molar-refractivity contribution >= 4 is 23.2 Å². The second-order valence-corrected chi connectivity index (χ2v) is 4.44. The van der Waals surface area contributed by atoms with Gasteiger partial charge in [0.2, 0.25) is 0 Å². The summed E-state index contributed by atoms with van der Waals surface area (Å²) in [6.45, 7) is 6.17. The van der Waals surface area contributed by atoms with Crippen molar-refractivity contribution < 1.29 is 9.90 Å². The van der Waals surface area contributed by atoms with Crippen LogP contribution in [0.5, 0.6) is 0 Å². The molecule has 0 unspecified atom stereocenters. The van der Waals surface area contributed by atoms with E-state index >= 15 is 0 Å². The number of nitrogens with zero attached hydrogens (tertiary/aromatic N) is 3. The van der Waals surface area contributed by atoms with E-state index in [0.29, 0.717) is 5.82 Å². The minimum absolute atomic E-state index is 0.0718. The van der Waals surface area contributed by atoms with Crippen molar-refractivity contribution in [2.75, 3.05) is 23.3 Å². The zero-order chi connectivity index (χ0) is 15.2. The molecule has 110 valence electrons. The Labute approximate surface area is 123 Å². The van der Waals surface area contributed by atoms with Gasteiger partial charge < -0.3 is 15.3 Å². The average Bonchev–Trinajstić information content (AvgIpc) is 2.51. The van der Waals surface area contributed by atoms with Crippen molar-refractivity contribution in [2.45, 2.75) is 13.8 Å². The Bertz CT molecular complexity index is 592. The lowest BCUT2D eigenvalue weighted by atomic mass is 10.2. The van der Waals surface area contributed by atoms with E-state index in [1.165, 1.54) is 12.4 Å². The maximum atomic E-state index is 10.7. The summed E-state index contributed by atoms with van der Waals surface area (Å²) in [5, 5.41) is 11.9. The number of hydrogen-bond donors (Lipinski definition) is 2. The Kier molecular flexibility index (Phi) is 4.71. The molecule has 0 aliphatic carbocycles. The van der Waals surface area contributed by atoms with Crippen LogP contribution in [0.1, 0.15) is 24.3 Å². The number of carboxylic acid groups (broad SMARTS) is 1. The predicted octanol–water partition coefficient (Wildman–Crippen LogP) is 2.76. The van der Waals surface area contributed by atoms with Gasteiger partial charge >= 0.3 is 5.97 Å². The highest BCUT2D eigenvalue weighted by molar-refractivity contribution is 5.85. The molecule has 1 heterocycles. The summed E-state index contributed by atoms with van der Waals surface area (Å²) in [4.78, 5) is 20.8. The lowest BCUT2D eigenvalue weighted by Gasteiger charge is -2.21. The minimum atomic E-state index is -1.09. The molecule has 0 spiro atoms. The van der Waals surface area contributed by atoms with Crippen molar-refractivity contribution in [3.05, 3.63) is 42.4 Å². The molecular formula is C15H18N4O2. The normalized spacial score (nSPS) is 10.2. The summed E-state index contributed by atoms with van der Waals surface area (Å²) >= 11 is 0. The first-order chi connectivity index (χ1) is 10.1. The fourth-order valence-corrected chi connectivity index (χ4v) is 2.00. The second-order valence-electron chi connectivity index (χ2n) is 4.44. The minimum Gasteiger partial charge on any atom is -0.476 e. The van der Waals surface area contributed by atoms with Crippen LogP contribution in [0.3, 0.4) is 0 Å². The van der Waals surface area contributed by atoms with Crippen molar-refractivity contribution in [3.63, 3.8) is 0 Å². The molecule has 1 aromatic heterocycles. The molecule has 6 heteroatoms. The topological polar surface area (TPSA) is 78.4 Å². The molecule has 0 aliphatic heterocycles. The quantitative estimate of drug-likeness (QED) is 0.850. The predicted molar refractivity (Wildman–Crippen MR) is 82.3 cm³/mol. The molecule has 0 atom stereocenters. The van der Waals surface area contributed by atoms with Crippen LogP contribution in [-0.2, 0) is 0 Å². The van der Waals surface area contributed by atoms with E-state index < -0.39 is 5.97 Å². The summed E-state index contributed by atoms with van der Waals surface area (Å²) in [5.74, 6) is -0.576. The van der Waals surface area contributed by atoms with E-state index in [4.69, 9.17) is 5.11 Å². The Morgan fingerprint density at radius 2 is 1.81 bits per heavy atom. The number of hydrogen-bond acceptors (Lipinski definition) is 5. The van der Waals surface area contributed by atoms with E-state index in [1.807, 2.05) is 24.3 Å². The van der Waals surface area contributed by atoms with Crippen LogP contribution in [0, 0.1) is 0 Å². The van der Waals surface area contributed by atoms with Crippen molar-refractivity contribution in [1.82, 2.24) is 9.97 Å².